The average Bonchev–Trinajstić information content (AvgIpc) is 3.26. The van der Waals surface area contributed by atoms with Crippen molar-refractivity contribution < 1.29 is 14.1 Å². The molecule has 160 valence electrons. The van der Waals surface area contributed by atoms with E-state index in [0.29, 0.717) is 42.7 Å². The van der Waals surface area contributed by atoms with Gasteiger partial charge in [0.2, 0.25) is 23.5 Å². The van der Waals surface area contributed by atoms with E-state index in [1.807, 2.05) is 30.3 Å². The number of carbonyl (C=O) groups is 2. The lowest BCUT2D eigenvalue weighted by molar-refractivity contribution is -0.133. The summed E-state index contributed by atoms with van der Waals surface area (Å²) >= 11 is 5.89. The molecule has 0 spiro atoms. The quantitative estimate of drug-likeness (QED) is 0.610. The molecule has 1 N–H and O–H groups in total. The number of amides is 2. The highest BCUT2D eigenvalue weighted by molar-refractivity contribution is 6.30. The lowest BCUT2D eigenvalue weighted by Crippen LogP contribution is -2.42. The van der Waals surface area contributed by atoms with Gasteiger partial charge in [0.15, 0.2) is 0 Å². The number of nitrogens with zero attached hydrogens (tertiary/aromatic N) is 3. The van der Waals surface area contributed by atoms with Gasteiger partial charge in [0.1, 0.15) is 0 Å². The lowest BCUT2D eigenvalue weighted by Gasteiger charge is -2.29. The van der Waals surface area contributed by atoms with Crippen LogP contribution in [0.4, 0.5) is 0 Å². The minimum absolute atomic E-state index is 0.0161. The summed E-state index contributed by atoms with van der Waals surface area (Å²) in [6, 6.07) is 15.3. The van der Waals surface area contributed by atoms with Crippen molar-refractivity contribution in [3.05, 3.63) is 70.6 Å². The molecule has 0 atom stereocenters. The second-order valence-corrected chi connectivity index (χ2v) is 7.92. The van der Waals surface area contributed by atoms with Crippen LogP contribution in [0.2, 0.25) is 5.02 Å². The molecule has 2 amide bonds. The number of carbonyl (C=O) groups excluding carboxylic acids is 2. The van der Waals surface area contributed by atoms with E-state index in [1.165, 1.54) is 11.1 Å². The molecular weight excluding hydrogens is 416 g/mol. The fourth-order valence-electron chi connectivity index (χ4n) is 3.56. The molecule has 0 bridgehead atoms. The Balaban J connectivity index is 1.18. The maximum Gasteiger partial charge on any atom is 0.242 e. The fraction of sp³-hybridized carbons (Fsp3) is 0.304. The standard InChI is InChI=1S/C23H23ClN4O3/c24-19-10-8-17(9-11-19)23-26-21(31-27-23)7-3-6-20(29)25-14-22(30)28-13-12-16-4-1-2-5-18(16)15-28/h1-2,4-5,8-11H,3,6-7,12-15H2,(H,25,29). The summed E-state index contributed by atoms with van der Waals surface area (Å²) in [5.41, 5.74) is 3.28. The van der Waals surface area contributed by atoms with Crippen LogP contribution in [0, 0.1) is 0 Å². The van der Waals surface area contributed by atoms with E-state index in [-0.39, 0.29) is 24.8 Å². The van der Waals surface area contributed by atoms with Gasteiger partial charge in [-0.05, 0) is 48.2 Å². The third kappa shape index (κ3) is 5.49. The third-order valence-electron chi connectivity index (χ3n) is 5.29. The topological polar surface area (TPSA) is 88.3 Å². The van der Waals surface area contributed by atoms with Gasteiger partial charge in [-0.2, -0.15) is 4.98 Å². The number of hydrogen-bond donors (Lipinski definition) is 1. The summed E-state index contributed by atoms with van der Waals surface area (Å²) in [7, 11) is 0. The number of hydrogen-bond acceptors (Lipinski definition) is 5. The molecule has 3 aromatic rings. The first-order chi connectivity index (χ1) is 15.1. The fourth-order valence-corrected chi connectivity index (χ4v) is 3.68. The van der Waals surface area contributed by atoms with Gasteiger partial charge in [-0.1, -0.05) is 41.0 Å². The molecule has 31 heavy (non-hydrogen) atoms. The Morgan fingerprint density at radius 2 is 1.87 bits per heavy atom. The molecule has 2 heterocycles. The van der Waals surface area contributed by atoms with E-state index in [2.05, 4.69) is 21.5 Å². The molecule has 7 nitrogen and oxygen atoms in total. The van der Waals surface area contributed by atoms with Crippen molar-refractivity contribution in [1.82, 2.24) is 20.4 Å². The van der Waals surface area contributed by atoms with Crippen molar-refractivity contribution in [2.45, 2.75) is 32.2 Å². The Kier molecular flexibility index (Phi) is 6.62. The second kappa shape index (κ2) is 9.75. The molecule has 1 aliphatic rings. The van der Waals surface area contributed by atoms with Crippen LogP contribution in [-0.4, -0.2) is 39.9 Å². The average molecular weight is 439 g/mol. The highest BCUT2D eigenvalue weighted by Gasteiger charge is 2.20. The maximum absolute atomic E-state index is 12.4. The number of rotatable bonds is 7. The first-order valence-electron chi connectivity index (χ1n) is 10.3. The number of halogens is 1. The first-order valence-corrected chi connectivity index (χ1v) is 10.7. The van der Waals surface area contributed by atoms with E-state index in [1.54, 1.807) is 17.0 Å². The summed E-state index contributed by atoms with van der Waals surface area (Å²) in [6.07, 6.45) is 2.18. The molecule has 1 aliphatic heterocycles. The molecule has 0 fully saturated rings. The van der Waals surface area contributed by atoms with Crippen LogP contribution in [0.1, 0.15) is 29.9 Å². The normalized spacial score (nSPS) is 13.0. The smallest absolute Gasteiger partial charge is 0.242 e. The van der Waals surface area contributed by atoms with Crippen molar-refractivity contribution >= 4 is 23.4 Å². The molecule has 0 radical (unpaired) electrons. The van der Waals surface area contributed by atoms with Crippen molar-refractivity contribution in [2.75, 3.05) is 13.1 Å². The van der Waals surface area contributed by atoms with Crippen molar-refractivity contribution in [3.8, 4) is 11.4 Å². The molecule has 0 saturated heterocycles. The predicted octanol–water partition coefficient (Wildman–Crippen LogP) is 3.41. The summed E-state index contributed by atoms with van der Waals surface area (Å²) in [4.78, 5) is 30.7. The van der Waals surface area contributed by atoms with Crippen LogP contribution in [0.3, 0.4) is 0 Å². The summed E-state index contributed by atoms with van der Waals surface area (Å²) in [5.74, 6) is 0.737. The Hall–Kier alpha value is -3.19. The Morgan fingerprint density at radius 1 is 1.10 bits per heavy atom. The summed E-state index contributed by atoms with van der Waals surface area (Å²) in [5, 5.41) is 7.32. The summed E-state index contributed by atoms with van der Waals surface area (Å²) < 4.78 is 5.25. The predicted molar refractivity (Wildman–Crippen MR) is 116 cm³/mol. The van der Waals surface area contributed by atoms with Crippen molar-refractivity contribution in [1.29, 1.82) is 0 Å². The Bertz CT molecular complexity index is 1060. The molecule has 0 unspecified atom stereocenters. The van der Waals surface area contributed by atoms with Crippen LogP contribution in [0.25, 0.3) is 11.4 Å². The number of benzene rings is 2. The van der Waals surface area contributed by atoms with Gasteiger partial charge >= 0.3 is 0 Å². The van der Waals surface area contributed by atoms with Gasteiger partial charge in [0.25, 0.3) is 0 Å². The SMILES string of the molecule is O=C(CCCc1nc(-c2ccc(Cl)cc2)no1)NCC(=O)N1CCc2ccccc2C1. The first kappa shape index (κ1) is 21.1. The zero-order valence-electron chi connectivity index (χ0n) is 17.0. The van der Waals surface area contributed by atoms with Crippen LogP contribution >= 0.6 is 11.6 Å². The molecule has 0 saturated carbocycles. The second-order valence-electron chi connectivity index (χ2n) is 7.48. The molecule has 1 aromatic heterocycles. The number of aryl methyl sites for hydroxylation is 1. The van der Waals surface area contributed by atoms with E-state index in [0.717, 1.165) is 12.0 Å². The zero-order chi connectivity index (χ0) is 21.6. The highest BCUT2D eigenvalue weighted by atomic mass is 35.5. The van der Waals surface area contributed by atoms with Gasteiger partial charge < -0.3 is 14.7 Å². The van der Waals surface area contributed by atoms with Gasteiger partial charge in [-0.25, -0.2) is 0 Å². The van der Waals surface area contributed by atoms with E-state index >= 15 is 0 Å². The van der Waals surface area contributed by atoms with Crippen LogP contribution < -0.4 is 5.32 Å². The van der Waals surface area contributed by atoms with Crippen LogP contribution in [0.15, 0.2) is 53.1 Å². The van der Waals surface area contributed by atoms with Gasteiger partial charge in [-0.15, -0.1) is 0 Å². The van der Waals surface area contributed by atoms with Gasteiger partial charge in [-0.3, -0.25) is 9.59 Å². The largest absolute Gasteiger partial charge is 0.347 e. The van der Waals surface area contributed by atoms with E-state index in [4.69, 9.17) is 16.1 Å². The summed E-state index contributed by atoms with van der Waals surface area (Å²) in [6.45, 7) is 1.29. The highest BCUT2D eigenvalue weighted by Crippen LogP contribution is 2.20. The number of aromatic nitrogens is 2. The Morgan fingerprint density at radius 3 is 2.68 bits per heavy atom. The number of fused-ring (bicyclic) bond motifs is 1. The minimum atomic E-state index is -0.164. The van der Waals surface area contributed by atoms with Crippen LogP contribution in [-0.2, 0) is 29.0 Å². The monoisotopic (exact) mass is 438 g/mol. The molecule has 2 aromatic carbocycles. The lowest BCUT2D eigenvalue weighted by atomic mass is 10.00. The van der Waals surface area contributed by atoms with E-state index in [9.17, 15) is 9.59 Å². The van der Waals surface area contributed by atoms with E-state index < -0.39 is 0 Å². The zero-order valence-corrected chi connectivity index (χ0v) is 17.8. The minimum Gasteiger partial charge on any atom is -0.347 e. The maximum atomic E-state index is 12.4. The molecule has 8 heteroatoms. The third-order valence-corrected chi connectivity index (χ3v) is 5.54. The van der Waals surface area contributed by atoms with Crippen LogP contribution in [0.5, 0.6) is 0 Å². The molecule has 4 rings (SSSR count). The van der Waals surface area contributed by atoms with Gasteiger partial charge in [0.05, 0.1) is 6.54 Å². The van der Waals surface area contributed by atoms with Gasteiger partial charge in [0, 0.05) is 36.5 Å². The van der Waals surface area contributed by atoms with Crippen molar-refractivity contribution in [2.24, 2.45) is 0 Å². The molecular formula is C23H23ClN4O3. The van der Waals surface area contributed by atoms with Crippen molar-refractivity contribution in [3.63, 3.8) is 0 Å². The Labute approximate surface area is 185 Å². The number of nitrogens with one attached hydrogen (secondary N) is 1. The molecule has 0 aliphatic carbocycles.